The highest BCUT2D eigenvalue weighted by Gasteiger charge is 2.08. The Bertz CT molecular complexity index is 324. The molecule has 1 aromatic carbocycles. The molecule has 0 aliphatic heterocycles. The molecule has 3 nitrogen and oxygen atoms in total. The minimum atomic E-state index is 0.582. The Hall–Kier alpha value is -1.06. The van der Waals surface area contributed by atoms with E-state index in [4.69, 9.17) is 4.74 Å². The third-order valence-electron chi connectivity index (χ3n) is 3.19. The zero-order chi connectivity index (χ0) is 13.4. The van der Waals surface area contributed by atoms with E-state index in [1.165, 1.54) is 18.4 Å². The van der Waals surface area contributed by atoms with Crippen molar-refractivity contribution in [1.82, 2.24) is 10.2 Å². The van der Waals surface area contributed by atoms with Crippen LogP contribution in [0.3, 0.4) is 0 Å². The van der Waals surface area contributed by atoms with Gasteiger partial charge in [0.1, 0.15) is 5.75 Å². The zero-order valence-corrected chi connectivity index (χ0v) is 12.1. The predicted octanol–water partition coefficient (Wildman–Crippen LogP) is 2.52. The molecule has 0 aliphatic carbocycles. The van der Waals surface area contributed by atoms with Gasteiger partial charge >= 0.3 is 0 Å². The molecule has 0 fully saturated rings. The molecule has 0 bridgehead atoms. The van der Waals surface area contributed by atoms with E-state index < -0.39 is 0 Å². The van der Waals surface area contributed by atoms with Crippen LogP contribution in [0.1, 0.15) is 25.3 Å². The molecule has 1 atom stereocenters. The number of benzene rings is 1. The van der Waals surface area contributed by atoms with Crippen molar-refractivity contribution in [2.24, 2.45) is 0 Å². The van der Waals surface area contributed by atoms with Crippen LogP contribution in [0.2, 0.25) is 0 Å². The van der Waals surface area contributed by atoms with E-state index in [0.29, 0.717) is 6.04 Å². The lowest BCUT2D eigenvalue weighted by Crippen LogP contribution is -2.37. The van der Waals surface area contributed by atoms with Gasteiger partial charge < -0.3 is 15.0 Å². The van der Waals surface area contributed by atoms with Crippen LogP contribution in [0.5, 0.6) is 5.75 Å². The van der Waals surface area contributed by atoms with Gasteiger partial charge in [-0.25, -0.2) is 0 Å². The summed E-state index contributed by atoms with van der Waals surface area (Å²) in [6.07, 6.45) is 2.45. The summed E-state index contributed by atoms with van der Waals surface area (Å²) in [6, 6.07) is 8.88. The fourth-order valence-corrected chi connectivity index (χ4v) is 2.16. The maximum Gasteiger partial charge on any atom is 0.118 e. The van der Waals surface area contributed by atoms with Crippen molar-refractivity contribution in [3.05, 3.63) is 29.8 Å². The maximum atomic E-state index is 5.16. The van der Waals surface area contributed by atoms with Gasteiger partial charge in [0.2, 0.25) is 0 Å². The Morgan fingerprint density at radius 3 is 2.44 bits per heavy atom. The summed E-state index contributed by atoms with van der Waals surface area (Å²) in [5.74, 6) is 0.917. The zero-order valence-electron chi connectivity index (χ0n) is 12.1. The fraction of sp³-hybridized carbons (Fsp3) is 0.600. The van der Waals surface area contributed by atoms with E-state index in [2.05, 4.69) is 36.3 Å². The lowest BCUT2D eigenvalue weighted by molar-refractivity contribution is 0.280. The number of hydrogen-bond acceptors (Lipinski definition) is 3. The van der Waals surface area contributed by atoms with E-state index in [0.717, 1.165) is 18.8 Å². The van der Waals surface area contributed by atoms with Crippen LogP contribution in [0.4, 0.5) is 0 Å². The number of methoxy groups -OCH3 is 1. The molecular formula is C15H26N2O. The average molecular weight is 250 g/mol. The molecule has 1 aromatic rings. The minimum Gasteiger partial charge on any atom is -0.497 e. The molecule has 0 amide bonds. The molecule has 0 aliphatic rings. The van der Waals surface area contributed by atoms with Gasteiger partial charge in [0, 0.05) is 19.1 Å². The van der Waals surface area contributed by atoms with Crippen LogP contribution in [0.15, 0.2) is 24.3 Å². The molecule has 3 heteroatoms. The van der Waals surface area contributed by atoms with Crippen molar-refractivity contribution < 1.29 is 4.74 Å². The predicted molar refractivity (Wildman–Crippen MR) is 77.1 cm³/mol. The average Bonchev–Trinajstić information content (AvgIpc) is 2.39. The Morgan fingerprint density at radius 2 is 1.94 bits per heavy atom. The van der Waals surface area contributed by atoms with E-state index in [9.17, 15) is 0 Å². The minimum absolute atomic E-state index is 0.582. The van der Waals surface area contributed by atoms with Crippen molar-refractivity contribution in [1.29, 1.82) is 0 Å². The lowest BCUT2D eigenvalue weighted by atomic mass is 10.1. The SMILES string of the molecule is CCCC(CN(C)Cc1ccc(OC)cc1)NC. The highest BCUT2D eigenvalue weighted by Crippen LogP contribution is 2.12. The standard InChI is InChI=1S/C15H26N2O/c1-5-6-14(16-2)12-17(3)11-13-7-9-15(18-4)10-8-13/h7-10,14,16H,5-6,11-12H2,1-4H3. The largest absolute Gasteiger partial charge is 0.497 e. The molecule has 102 valence electrons. The second-order valence-corrected chi connectivity index (χ2v) is 4.82. The Kier molecular flexibility index (Phi) is 6.76. The van der Waals surface area contributed by atoms with Crippen molar-refractivity contribution in [3.63, 3.8) is 0 Å². The van der Waals surface area contributed by atoms with Gasteiger partial charge in [-0.1, -0.05) is 25.5 Å². The number of likely N-dealkylation sites (N-methyl/N-ethyl adjacent to an activating group) is 2. The maximum absolute atomic E-state index is 5.16. The Balaban J connectivity index is 2.44. The molecule has 18 heavy (non-hydrogen) atoms. The number of nitrogens with zero attached hydrogens (tertiary/aromatic N) is 1. The molecular weight excluding hydrogens is 224 g/mol. The van der Waals surface area contributed by atoms with Gasteiger partial charge in [0.05, 0.1) is 7.11 Å². The first-order valence-corrected chi connectivity index (χ1v) is 6.68. The van der Waals surface area contributed by atoms with Crippen molar-refractivity contribution >= 4 is 0 Å². The van der Waals surface area contributed by atoms with Gasteiger partial charge in [-0.2, -0.15) is 0 Å². The lowest BCUT2D eigenvalue weighted by Gasteiger charge is -2.23. The Morgan fingerprint density at radius 1 is 1.28 bits per heavy atom. The molecule has 0 saturated heterocycles. The summed E-state index contributed by atoms with van der Waals surface area (Å²) < 4.78 is 5.16. The van der Waals surface area contributed by atoms with Gasteiger partial charge in [0.25, 0.3) is 0 Å². The summed E-state index contributed by atoms with van der Waals surface area (Å²) in [5.41, 5.74) is 1.32. The Labute approximate surface area is 111 Å². The summed E-state index contributed by atoms with van der Waals surface area (Å²) in [7, 11) is 5.91. The molecule has 1 unspecified atom stereocenters. The third-order valence-corrected chi connectivity index (χ3v) is 3.19. The molecule has 0 aromatic heterocycles. The molecule has 1 N–H and O–H groups in total. The van der Waals surface area contributed by atoms with E-state index in [1.54, 1.807) is 7.11 Å². The number of nitrogens with one attached hydrogen (secondary N) is 1. The van der Waals surface area contributed by atoms with E-state index >= 15 is 0 Å². The normalized spacial score (nSPS) is 12.7. The highest BCUT2D eigenvalue weighted by atomic mass is 16.5. The molecule has 0 saturated carbocycles. The summed E-state index contributed by atoms with van der Waals surface area (Å²) in [5, 5.41) is 3.38. The molecule has 0 spiro atoms. The van der Waals surface area contributed by atoms with Gasteiger partial charge in [-0.15, -0.1) is 0 Å². The smallest absolute Gasteiger partial charge is 0.118 e. The molecule has 1 rings (SSSR count). The summed E-state index contributed by atoms with van der Waals surface area (Å²) in [4.78, 5) is 2.36. The van der Waals surface area contributed by atoms with E-state index in [-0.39, 0.29) is 0 Å². The number of hydrogen-bond donors (Lipinski definition) is 1. The fourth-order valence-electron chi connectivity index (χ4n) is 2.16. The van der Waals surface area contributed by atoms with Crippen LogP contribution in [0, 0.1) is 0 Å². The third kappa shape index (κ3) is 5.07. The van der Waals surface area contributed by atoms with E-state index in [1.807, 2.05) is 19.2 Å². The van der Waals surface area contributed by atoms with Crippen molar-refractivity contribution in [2.75, 3.05) is 27.7 Å². The second-order valence-electron chi connectivity index (χ2n) is 4.82. The van der Waals surface area contributed by atoms with Crippen LogP contribution in [-0.4, -0.2) is 38.7 Å². The first-order chi connectivity index (χ1) is 8.69. The molecule has 0 heterocycles. The topological polar surface area (TPSA) is 24.5 Å². The first kappa shape index (κ1) is 15.0. The van der Waals surface area contributed by atoms with Gasteiger partial charge in [-0.3, -0.25) is 0 Å². The van der Waals surface area contributed by atoms with Crippen LogP contribution < -0.4 is 10.1 Å². The van der Waals surface area contributed by atoms with Gasteiger partial charge in [0.15, 0.2) is 0 Å². The van der Waals surface area contributed by atoms with Crippen LogP contribution in [-0.2, 0) is 6.54 Å². The summed E-state index contributed by atoms with van der Waals surface area (Å²) >= 11 is 0. The van der Waals surface area contributed by atoms with Crippen molar-refractivity contribution in [3.8, 4) is 5.75 Å². The second kappa shape index (κ2) is 8.11. The first-order valence-electron chi connectivity index (χ1n) is 6.68. The van der Waals surface area contributed by atoms with Crippen LogP contribution in [0.25, 0.3) is 0 Å². The monoisotopic (exact) mass is 250 g/mol. The van der Waals surface area contributed by atoms with Crippen LogP contribution >= 0.6 is 0 Å². The highest BCUT2D eigenvalue weighted by molar-refractivity contribution is 5.27. The number of ether oxygens (including phenoxy) is 1. The quantitative estimate of drug-likeness (QED) is 0.767. The van der Waals surface area contributed by atoms with Gasteiger partial charge in [-0.05, 0) is 38.2 Å². The van der Waals surface area contributed by atoms with Crippen molar-refractivity contribution in [2.45, 2.75) is 32.4 Å². The summed E-state index contributed by atoms with van der Waals surface area (Å²) in [6.45, 7) is 4.29. The molecule has 0 radical (unpaired) electrons. The number of rotatable bonds is 8.